The van der Waals surface area contributed by atoms with Crippen LogP contribution in [0.25, 0.3) is 0 Å². The fourth-order valence-corrected chi connectivity index (χ4v) is 8.86. The number of hydrogen-bond acceptors (Lipinski definition) is 6. The quantitative estimate of drug-likeness (QED) is 0.565. The number of fused-ring (bicyclic) bond motifs is 3. The van der Waals surface area contributed by atoms with Gasteiger partial charge in [-0.1, -0.05) is 19.9 Å². The fraction of sp³-hybridized carbons (Fsp3) is 0.708. The number of nitrogens with zero attached hydrogens (tertiary/aromatic N) is 1. The van der Waals surface area contributed by atoms with E-state index in [0.717, 1.165) is 37.7 Å². The Labute approximate surface area is 192 Å². The number of thiazole rings is 1. The second kappa shape index (κ2) is 7.29. The Morgan fingerprint density at radius 3 is 2.78 bits per heavy atom. The molecule has 1 amide bonds. The standard InChI is InChI=1S/C24H32N2O5S/c1-13-14-11-15(31-21(30)26-20-25-9-10-32-20)17-22(2)6-4-7-23(3,19(28)29)16(22)5-8-24(17,12-14)18(13)27/h9-10,14-18,27H,1,4-8,11-12H2,2-3H3,(H,28,29)(H,25,26,30)/t14-,15+,16+,17+,18-,22-,23-,24-/m1/s1. The number of carboxylic acid groups (broad SMARTS) is 1. The molecular weight excluding hydrogens is 428 g/mol. The summed E-state index contributed by atoms with van der Waals surface area (Å²) < 4.78 is 6.07. The summed E-state index contributed by atoms with van der Waals surface area (Å²) >= 11 is 1.33. The van der Waals surface area contributed by atoms with Gasteiger partial charge in [0, 0.05) is 22.9 Å². The van der Waals surface area contributed by atoms with Crippen LogP contribution in [0.4, 0.5) is 9.93 Å². The molecule has 1 heterocycles. The number of rotatable bonds is 3. The number of aliphatic carboxylic acids is 1. The Kier molecular flexibility index (Phi) is 4.98. The number of nitrogens with one attached hydrogen (secondary N) is 1. The van der Waals surface area contributed by atoms with E-state index in [1.165, 1.54) is 11.3 Å². The number of anilines is 1. The largest absolute Gasteiger partial charge is 0.481 e. The monoisotopic (exact) mass is 460 g/mol. The van der Waals surface area contributed by atoms with Gasteiger partial charge in [0.1, 0.15) is 6.10 Å². The van der Waals surface area contributed by atoms with E-state index in [4.69, 9.17) is 4.74 Å². The Balaban J connectivity index is 1.53. The zero-order valence-electron chi connectivity index (χ0n) is 18.7. The SMILES string of the molecule is C=C1[C@@H]2C[C@H](OC(=O)Nc3nccs3)[C@H]3[C@]4(C)CCC[C@@](C)(C(=O)O)[C@H]4CC[C@]3(C2)[C@@H]1O. The normalized spacial score (nSPS) is 45.0. The van der Waals surface area contributed by atoms with Crippen molar-refractivity contribution in [3.63, 3.8) is 0 Å². The predicted molar refractivity (Wildman–Crippen MR) is 120 cm³/mol. The summed E-state index contributed by atoms with van der Waals surface area (Å²) in [5, 5.41) is 26.5. The molecule has 0 radical (unpaired) electrons. The highest BCUT2D eigenvalue weighted by Crippen LogP contribution is 2.72. The molecule has 0 aliphatic heterocycles. The van der Waals surface area contributed by atoms with Crippen molar-refractivity contribution >= 4 is 28.5 Å². The average Bonchev–Trinajstić information content (AvgIpc) is 3.29. The first-order chi connectivity index (χ1) is 15.1. The van der Waals surface area contributed by atoms with Crippen LogP contribution >= 0.6 is 11.3 Å². The number of amides is 1. The number of aliphatic hydroxyl groups excluding tert-OH is 1. The maximum absolute atomic E-state index is 12.8. The Bertz CT molecular complexity index is 950. The number of hydrogen-bond donors (Lipinski definition) is 3. The van der Waals surface area contributed by atoms with Crippen LogP contribution in [-0.2, 0) is 9.53 Å². The topological polar surface area (TPSA) is 109 Å². The van der Waals surface area contributed by atoms with E-state index in [9.17, 15) is 19.8 Å². The van der Waals surface area contributed by atoms with Crippen LogP contribution in [0.5, 0.6) is 0 Å². The van der Waals surface area contributed by atoms with Crippen molar-refractivity contribution in [1.29, 1.82) is 0 Å². The van der Waals surface area contributed by atoms with Gasteiger partial charge in [0.05, 0.1) is 11.5 Å². The maximum Gasteiger partial charge on any atom is 0.413 e. The summed E-state index contributed by atoms with van der Waals surface area (Å²) in [7, 11) is 0. The van der Waals surface area contributed by atoms with E-state index < -0.39 is 35.1 Å². The van der Waals surface area contributed by atoms with Gasteiger partial charge in [0.15, 0.2) is 5.13 Å². The van der Waals surface area contributed by atoms with Gasteiger partial charge in [-0.15, -0.1) is 11.3 Å². The van der Waals surface area contributed by atoms with Crippen LogP contribution < -0.4 is 5.32 Å². The third-order valence-corrected chi connectivity index (χ3v) is 10.2. The fourth-order valence-electron chi connectivity index (χ4n) is 8.35. The van der Waals surface area contributed by atoms with Crippen LogP contribution in [0.15, 0.2) is 23.7 Å². The number of aliphatic hydroxyl groups is 1. The van der Waals surface area contributed by atoms with Gasteiger partial charge in [-0.05, 0) is 68.3 Å². The summed E-state index contributed by atoms with van der Waals surface area (Å²) in [6.45, 7) is 8.29. The zero-order chi connectivity index (χ0) is 22.9. The van der Waals surface area contributed by atoms with Crippen molar-refractivity contribution in [3.8, 4) is 0 Å². The van der Waals surface area contributed by atoms with Crippen molar-refractivity contribution in [1.82, 2.24) is 4.98 Å². The van der Waals surface area contributed by atoms with E-state index in [1.54, 1.807) is 11.6 Å². The Morgan fingerprint density at radius 1 is 1.31 bits per heavy atom. The zero-order valence-corrected chi connectivity index (χ0v) is 19.5. The summed E-state index contributed by atoms with van der Waals surface area (Å²) in [6, 6.07) is 0. The highest BCUT2D eigenvalue weighted by molar-refractivity contribution is 7.13. The van der Waals surface area contributed by atoms with Gasteiger partial charge in [-0.2, -0.15) is 0 Å². The molecule has 2 bridgehead atoms. The molecule has 0 aromatic carbocycles. The van der Waals surface area contributed by atoms with Crippen LogP contribution in [0.2, 0.25) is 0 Å². The van der Waals surface area contributed by atoms with Crippen molar-refractivity contribution in [2.45, 2.75) is 71.0 Å². The van der Waals surface area contributed by atoms with Gasteiger partial charge in [0.2, 0.25) is 0 Å². The third-order valence-electron chi connectivity index (χ3n) is 9.53. The summed E-state index contributed by atoms with van der Waals surface area (Å²) in [5.74, 6) is -0.759. The number of carbonyl (C=O) groups is 2. The molecule has 4 fully saturated rings. The average molecular weight is 461 g/mol. The van der Waals surface area contributed by atoms with Gasteiger partial charge >= 0.3 is 12.1 Å². The van der Waals surface area contributed by atoms with E-state index in [1.807, 2.05) is 6.92 Å². The first kappa shape index (κ1) is 21.9. The smallest absolute Gasteiger partial charge is 0.413 e. The minimum absolute atomic E-state index is 0.0254. The maximum atomic E-state index is 12.8. The lowest BCUT2D eigenvalue weighted by Crippen LogP contribution is -2.63. The highest BCUT2D eigenvalue weighted by Gasteiger charge is 2.70. The van der Waals surface area contributed by atoms with E-state index in [-0.39, 0.29) is 23.2 Å². The highest BCUT2D eigenvalue weighted by atomic mass is 32.1. The number of ether oxygens (including phenoxy) is 1. The molecule has 4 aliphatic carbocycles. The van der Waals surface area contributed by atoms with Crippen LogP contribution in [-0.4, -0.2) is 39.5 Å². The lowest BCUT2D eigenvalue weighted by molar-refractivity contribution is -0.211. The summed E-state index contributed by atoms with van der Waals surface area (Å²) in [5.41, 5.74) is -0.708. The number of carbonyl (C=O) groups excluding carboxylic acids is 1. The Hall–Kier alpha value is -1.93. The van der Waals surface area contributed by atoms with Crippen LogP contribution in [0.3, 0.4) is 0 Å². The lowest BCUT2D eigenvalue weighted by atomic mass is 9.40. The second-order valence-electron chi connectivity index (χ2n) is 10.9. The molecule has 174 valence electrons. The molecule has 5 rings (SSSR count). The van der Waals surface area contributed by atoms with Crippen LogP contribution in [0, 0.1) is 34.0 Å². The molecule has 1 aromatic rings. The van der Waals surface area contributed by atoms with Gasteiger partial charge in [0.25, 0.3) is 0 Å². The molecule has 4 saturated carbocycles. The van der Waals surface area contributed by atoms with E-state index in [0.29, 0.717) is 18.0 Å². The summed E-state index contributed by atoms with van der Waals surface area (Å²) in [4.78, 5) is 29.3. The minimum atomic E-state index is -0.806. The van der Waals surface area contributed by atoms with Gasteiger partial charge in [-0.25, -0.2) is 9.78 Å². The van der Waals surface area contributed by atoms with Crippen molar-refractivity contribution in [3.05, 3.63) is 23.7 Å². The van der Waals surface area contributed by atoms with Gasteiger partial charge < -0.3 is 14.9 Å². The van der Waals surface area contributed by atoms with Crippen molar-refractivity contribution in [2.75, 3.05) is 5.32 Å². The first-order valence-corrected chi connectivity index (χ1v) is 12.5. The molecule has 1 spiro atoms. The molecule has 4 aliphatic rings. The minimum Gasteiger partial charge on any atom is -0.481 e. The molecule has 3 N–H and O–H groups in total. The third kappa shape index (κ3) is 2.91. The van der Waals surface area contributed by atoms with Crippen molar-refractivity contribution in [2.24, 2.45) is 34.0 Å². The molecule has 8 atom stereocenters. The molecule has 1 aromatic heterocycles. The first-order valence-electron chi connectivity index (χ1n) is 11.6. The van der Waals surface area contributed by atoms with E-state index in [2.05, 4.69) is 23.8 Å². The molecule has 0 saturated heterocycles. The Morgan fingerprint density at radius 2 is 2.09 bits per heavy atom. The lowest BCUT2D eigenvalue weighted by Gasteiger charge is -2.64. The van der Waals surface area contributed by atoms with Crippen LogP contribution in [0.1, 0.15) is 58.8 Å². The summed E-state index contributed by atoms with van der Waals surface area (Å²) in [6.07, 6.45) is 5.40. The molecule has 7 nitrogen and oxygen atoms in total. The number of aromatic nitrogens is 1. The molecule has 8 heteroatoms. The predicted octanol–water partition coefficient (Wildman–Crippen LogP) is 4.69. The second-order valence-corrected chi connectivity index (χ2v) is 11.8. The van der Waals surface area contributed by atoms with Crippen molar-refractivity contribution < 1.29 is 24.5 Å². The van der Waals surface area contributed by atoms with E-state index >= 15 is 0 Å². The molecule has 32 heavy (non-hydrogen) atoms. The number of carboxylic acids is 1. The van der Waals surface area contributed by atoms with Gasteiger partial charge in [-0.3, -0.25) is 10.1 Å². The molecule has 0 unspecified atom stereocenters. The molecular formula is C24H32N2O5S.